The smallest absolute Gasteiger partial charge is 0.336 e. The number of aliphatic carboxylic acids is 1. The third-order valence-electron chi connectivity index (χ3n) is 5.07. The number of carboxylic acids is 1. The number of allylic oxidation sites excluding steroid dienone is 4. The number of hydrogen-bond acceptors (Lipinski definition) is 5. The second-order valence-electron chi connectivity index (χ2n) is 6.88. The maximum absolute atomic E-state index is 12.7. The van der Waals surface area contributed by atoms with Crippen LogP contribution < -0.4 is 0 Å². The first-order chi connectivity index (χ1) is 12.6. The van der Waals surface area contributed by atoms with Crippen LogP contribution in [0.4, 0.5) is 0 Å². The molecule has 7 nitrogen and oxygen atoms in total. The number of carboxylic acid groups (broad SMARTS) is 1. The quantitative estimate of drug-likeness (QED) is 0.245. The van der Waals surface area contributed by atoms with E-state index in [4.69, 9.17) is 0 Å². The zero-order valence-electron chi connectivity index (χ0n) is 16.3. The van der Waals surface area contributed by atoms with Gasteiger partial charge in [-0.15, -0.1) is 0 Å². The van der Waals surface area contributed by atoms with Crippen LogP contribution >= 0.6 is 0 Å². The number of aliphatic hydroxyl groups excluding tert-OH is 1. The Hall–Kier alpha value is -2.41. The SMILES string of the molecule is CCCC=CC=CC(O)=C1C(=O)C(CC(O)(C(=O)O)C(C)CC)N(C)C1=O. The Morgan fingerprint density at radius 3 is 2.41 bits per heavy atom. The van der Waals surface area contributed by atoms with Crippen LogP contribution in [0, 0.1) is 5.92 Å². The Balaban J connectivity index is 3.14. The number of unbranched alkanes of at least 4 members (excludes halogenated alkanes) is 1. The van der Waals surface area contributed by atoms with E-state index in [1.54, 1.807) is 19.9 Å². The van der Waals surface area contributed by atoms with Crippen molar-refractivity contribution < 1.29 is 29.7 Å². The van der Waals surface area contributed by atoms with E-state index in [-0.39, 0.29) is 5.57 Å². The third-order valence-corrected chi connectivity index (χ3v) is 5.07. The molecule has 0 spiro atoms. The lowest BCUT2D eigenvalue weighted by atomic mass is 9.80. The Labute approximate surface area is 159 Å². The number of likely N-dealkylation sites (N-methyl/N-ethyl adjacent to an activating group) is 1. The van der Waals surface area contributed by atoms with E-state index in [1.165, 1.54) is 19.2 Å². The minimum Gasteiger partial charge on any atom is -0.507 e. The molecule has 1 amide bonds. The lowest BCUT2D eigenvalue weighted by molar-refractivity contribution is -0.167. The van der Waals surface area contributed by atoms with Crippen molar-refractivity contribution in [3.8, 4) is 0 Å². The van der Waals surface area contributed by atoms with Crippen LogP contribution in [-0.4, -0.2) is 56.6 Å². The molecule has 7 heteroatoms. The predicted octanol–water partition coefficient (Wildman–Crippen LogP) is 2.37. The van der Waals surface area contributed by atoms with E-state index in [0.29, 0.717) is 6.42 Å². The number of nitrogens with zero attached hydrogens (tertiary/aromatic N) is 1. The van der Waals surface area contributed by atoms with E-state index in [1.807, 2.05) is 13.0 Å². The molecule has 0 aromatic carbocycles. The van der Waals surface area contributed by atoms with Crippen LogP contribution in [0.15, 0.2) is 35.6 Å². The van der Waals surface area contributed by atoms with Crippen LogP contribution in [0.3, 0.4) is 0 Å². The first kappa shape index (κ1) is 22.6. The highest BCUT2D eigenvalue weighted by atomic mass is 16.4. The summed E-state index contributed by atoms with van der Waals surface area (Å²) in [5.41, 5.74) is -2.53. The second-order valence-corrected chi connectivity index (χ2v) is 6.88. The molecule has 3 N–H and O–H groups in total. The lowest BCUT2D eigenvalue weighted by Gasteiger charge is -2.32. The summed E-state index contributed by atoms with van der Waals surface area (Å²) in [6.45, 7) is 5.34. The fraction of sp³-hybridized carbons (Fsp3) is 0.550. The fourth-order valence-electron chi connectivity index (χ4n) is 2.93. The maximum Gasteiger partial charge on any atom is 0.336 e. The van der Waals surface area contributed by atoms with E-state index in [2.05, 4.69) is 0 Å². The molecule has 1 saturated heterocycles. The summed E-state index contributed by atoms with van der Waals surface area (Å²) < 4.78 is 0. The van der Waals surface area contributed by atoms with Crippen molar-refractivity contribution >= 4 is 17.7 Å². The summed E-state index contributed by atoms with van der Waals surface area (Å²) in [6.07, 6.45) is 8.18. The zero-order chi connectivity index (χ0) is 20.8. The van der Waals surface area contributed by atoms with Gasteiger partial charge < -0.3 is 20.2 Å². The standard InChI is InChI=1S/C20H29NO6/c1-5-7-8-9-10-11-15(22)16-17(23)14(21(4)18(16)24)12-20(27,19(25)26)13(3)6-2/h8-11,13-14,22,27H,5-7,12H2,1-4H3,(H,25,26). The van der Waals surface area contributed by atoms with E-state index < -0.39 is 47.4 Å². The van der Waals surface area contributed by atoms with Gasteiger partial charge >= 0.3 is 5.97 Å². The molecule has 0 aromatic heterocycles. The van der Waals surface area contributed by atoms with Gasteiger partial charge in [-0.25, -0.2) is 4.79 Å². The largest absolute Gasteiger partial charge is 0.507 e. The second kappa shape index (κ2) is 9.50. The topological polar surface area (TPSA) is 115 Å². The van der Waals surface area contributed by atoms with Crippen molar-refractivity contribution in [2.45, 2.75) is 58.1 Å². The van der Waals surface area contributed by atoms with Crippen molar-refractivity contribution in [3.05, 3.63) is 35.6 Å². The summed E-state index contributed by atoms with van der Waals surface area (Å²) in [6, 6.07) is -1.14. The molecule has 1 fully saturated rings. The van der Waals surface area contributed by atoms with Crippen LogP contribution in [0.2, 0.25) is 0 Å². The number of ketones is 1. The predicted molar refractivity (Wildman–Crippen MR) is 101 cm³/mol. The van der Waals surface area contributed by atoms with Crippen molar-refractivity contribution in [1.82, 2.24) is 4.90 Å². The molecule has 1 aliphatic rings. The Morgan fingerprint density at radius 1 is 1.26 bits per heavy atom. The van der Waals surface area contributed by atoms with E-state index in [0.717, 1.165) is 17.7 Å². The molecule has 1 aliphatic heterocycles. The number of hydrogen-bond donors (Lipinski definition) is 3. The first-order valence-electron chi connectivity index (χ1n) is 9.15. The van der Waals surface area contributed by atoms with Gasteiger partial charge in [0.25, 0.3) is 5.91 Å². The summed E-state index contributed by atoms with van der Waals surface area (Å²) >= 11 is 0. The number of rotatable bonds is 9. The van der Waals surface area contributed by atoms with Gasteiger partial charge in [-0.05, 0) is 18.4 Å². The highest BCUT2D eigenvalue weighted by Gasteiger charge is 2.50. The molecule has 3 unspecified atom stereocenters. The Kier molecular flexibility index (Phi) is 7.97. The molecule has 0 aliphatic carbocycles. The molecule has 27 heavy (non-hydrogen) atoms. The maximum atomic E-state index is 12.7. The van der Waals surface area contributed by atoms with Gasteiger partial charge in [0.2, 0.25) is 0 Å². The average molecular weight is 379 g/mol. The highest BCUT2D eigenvalue weighted by molar-refractivity contribution is 6.27. The summed E-state index contributed by atoms with van der Waals surface area (Å²) in [4.78, 5) is 37.8. The van der Waals surface area contributed by atoms with Gasteiger partial charge in [0.05, 0.1) is 6.04 Å². The fourth-order valence-corrected chi connectivity index (χ4v) is 2.93. The molecular formula is C20H29NO6. The molecule has 3 atom stereocenters. The van der Waals surface area contributed by atoms with E-state index in [9.17, 15) is 29.7 Å². The monoisotopic (exact) mass is 379 g/mol. The minimum atomic E-state index is -2.15. The first-order valence-corrected chi connectivity index (χ1v) is 9.15. The molecule has 0 saturated carbocycles. The van der Waals surface area contributed by atoms with Crippen LogP contribution in [-0.2, 0) is 14.4 Å². The lowest BCUT2D eigenvalue weighted by Crippen LogP contribution is -2.50. The van der Waals surface area contributed by atoms with Crippen molar-refractivity contribution in [2.75, 3.05) is 7.05 Å². The number of likely N-dealkylation sites (tertiary alicyclic amines) is 1. The summed E-state index contributed by atoms with van der Waals surface area (Å²) in [5.74, 6) is -3.90. The Morgan fingerprint density at radius 2 is 1.89 bits per heavy atom. The minimum absolute atomic E-state index is 0.389. The van der Waals surface area contributed by atoms with Gasteiger partial charge in [-0.3, -0.25) is 9.59 Å². The van der Waals surface area contributed by atoms with Crippen LogP contribution in [0.25, 0.3) is 0 Å². The normalized spacial score (nSPS) is 23.3. The summed E-state index contributed by atoms with van der Waals surface area (Å²) in [7, 11) is 1.36. The van der Waals surface area contributed by atoms with Gasteiger partial charge in [0.1, 0.15) is 11.3 Å². The van der Waals surface area contributed by atoms with Crippen molar-refractivity contribution in [1.29, 1.82) is 0 Å². The Bertz CT molecular complexity index is 678. The molecule has 150 valence electrons. The molecule has 0 bridgehead atoms. The van der Waals surface area contributed by atoms with E-state index >= 15 is 0 Å². The molecular weight excluding hydrogens is 350 g/mol. The molecule has 0 radical (unpaired) electrons. The summed E-state index contributed by atoms with van der Waals surface area (Å²) in [5, 5.41) is 30.2. The van der Waals surface area contributed by atoms with Gasteiger partial charge in [-0.1, -0.05) is 51.8 Å². The van der Waals surface area contributed by atoms with Crippen LogP contribution in [0.1, 0.15) is 46.5 Å². The zero-order valence-corrected chi connectivity index (χ0v) is 16.3. The molecule has 0 aromatic rings. The number of aliphatic hydroxyl groups is 2. The van der Waals surface area contributed by atoms with Gasteiger partial charge in [-0.2, -0.15) is 0 Å². The average Bonchev–Trinajstić information content (AvgIpc) is 2.83. The van der Waals surface area contributed by atoms with Crippen LogP contribution in [0.5, 0.6) is 0 Å². The number of carbonyl (C=O) groups excluding carboxylic acids is 2. The van der Waals surface area contributed by atoms with Gasteiger partial charge in [0.15, 0.2) is 11.4 Å². The van der Waals surface area contributed by atoms with Crippen molar-refractivity contribution in [3.63, 3.8) is 0 Å². The highest BCUT2D eigenvalue weighted by Crippen LogP contribution is 2.32. The third kappa shape index (κ3) is 4.86. The molecule has 1 rings (SSSR count). The number of Topliss-reactive ketones (excluding diaryl/α,β-unsaturated/α-hetero) is 1. The van der Waals surface area contributed by atoms with Crippen molar-refractivity contribution in [2.24, 2.45) is 5.92 Å². The van der Waals surface area contributed by atoms with Gasteiger partial charge in [0, 0.05) is 13.5 Å². The molecule has 1 heterocycles. The number of amides is 1. The number of carbonyl (C=O) groups is 3.